The summed E-state index contributed by atoms with van der Waals surface area (Å²) in [5.74, 6) is 0.882. The SMILES string of the molecule is CC1=C(C(C)C)C=C(F)C(C)C1C. The molecule has 0 aromatic heterocycles. The summed E-state index contributed by atoms with van der Waals surface area (Å²) in [6, 6.07) is 0. The van der Waals surface area contributed by atoms with Crippen molar-refractivity contribution in [3.05, 3.63) is 23.0 Å². The van der Waals surface area contributed by atoms with E-state index in [0.717, 1.165) is 0 Å². The number of allylic oxidation sites excluding steroid dienone is 4. The first-order valence-electron chi connectivity index (χ1n) is 5.03. The van der Waals surface area contributed by atoms with E-state index in [1.54, 1.807) is 6.08 Å². The summed E-state index contributed by atoms with van der Waals surface area (Å²) in [4.78, 5) is 0. The van der Waals surface area contributed by atoms with Gasteiger partial charge < -0.3 is 0 Å². The molecule has 0 saturated carbocycles. The molecule has 0 saturated heterocycles. The molecule has 0 heterocycles. The number of halogens is 1. The maximum atomic E-state index is 13.4. The third-order valence-electron chi connectivity index (χ3n) is 3.24. The molecule has 0 spiro atoms. The van der Waals surface area contributed by atoms with E-state index in [1.165, 1.54) is 11.1 Å². The lowest BCUT2D eigenvalue weighted by Crippen LogP contribution is -2.17. The van der Waals surface area contributed by atoms with Gasteiger partial charge in [-0.1, -0.05) is 33.3 Å². The molecule has 1 aliphatic rings. The second kappa shape index (κ2) is 3.65. The van der Waals surface area contributed by atoms with Crippen LogP contribution in [0.4, 0.5) is 4.39 Å². The Hall–Kier alpha value is -0.590. The molecule has 0 aromatic rings. The molecule has 1 heteroatoms. The van der Waals surface area contributed by atoms with Crippen molar-refractivity contribution in [1.82, 2.24) is 0 Å². The van der Waals surface area contributed by atoms with Crippen LogP contribution in [0.25, 0.3) is 0 Å². The van der Waals surface area contributed by atoms with Gasteiger partial charge in [0.1, 0.15) is 5.83 Å². The molecule has 1 aliphatic carbocycles. The van der Waals surface area contributed by atoms with Crippen molar-refractivity contribution in [2.75, 3.05) is 0 Å². The van der Waals surface area contributed by atoms with E-state index in [2.05, 4.69) is 27.7 Å². The third kappa shape index (κ3) is 1.84. The Kier molecular flexibility index (Phi) is 2.94. The molecule has 0 bridgehead atoms. The second-order valence-corrected chi connectivity index (χ2v) is 4.40. The van der Waals surface area contributed by atoms with E-state index in [-0.39, 0.29) is 11.7 Å². The number of rotatable bonds is 1. The fraction of sp³-hybridized carbons (Fsp3) is 0.667. The number of hydrogen-bond acceptors (Lipinski definition) is 0. The molecular formula is C12H19F. The summed E-state index contributed by atoms with van der Waals surface area (Å²) in [6.07, 6.45) is 1.73. The summed E-state index contributed by atoms with van der Waals surface area (Å²) >= 11 is 0. The van der Waals surface area contributed by atoms with E-state index >= 15 is 0 Å². The van der Waals surface area contributed by atoms with Gasteiger partial charge in [0.05, 0.1) is 0 Å². The predicted molar refractivity (Wildman–Crippen MR) is 55.1 cm³/mol. The van der Waals surface area contributed by atoms with Gasteiger partial charge in [-0.25, -0.2) is 4.39 Å². The van der Waals surface area contributed by atoms with Crippen molar-refractivity contribution < 1.29 is 4.39 Å². The predicted octanol–water partition coefficient (Wildman–Crippen LogP) is 4.10. The van der Waals surface area contributed by atoms with E-state index in [1.807, 2.05) is 6.92 Å². The Morgan fingerprint density at radius 2 is 1.77 bits per heavy atom. The summed E-state index contributed by atoms with van der Waals surface area (Å²) in [5, 5.41) is 0. The molecule has 0 nitrogen and oxygen atoms in total. The van der Waals surface area contributed by atoms with Gasteiger partial charge in [-0.2, -0.15) is 0 Å². The van der Waals surface area contributed by atoms with Gasteiger partial charge in [0.15, 0.2) is 0 Å². The lowest BCUT2D eigenvalue weighted by molar-refractivity contribution is 0.394. The summed E-state index contributed by atoms with van der Waals surface area (Å²) in [5.41, 5.74) is 2.53. The van der Waals surface area contributed by atoms with E-state index in [0.29, 0.717) is 11.8 Å². The molecule has 0 aromatic carbocycles. The van der Waals surface area contributed by atoms with Crippen LogP contribution in [0.2, 0.25) is 0 Å². The van der Waals surface area contributed by atoms with Crippen LogP contribution in [0.15, 0.2) is 23.0 Å². The maximum absolute atomic E-state index is 13.4. The number of hydrogen-bond donors (Lipinski definition) is 0. The van der Waals surface area contributed by atoms with Gasteiger partial charge in [-0.15, -0.1) is 0 Å². The highest BCUT2D eigenvalue weighted by Crippen LogP contribution is 2.37. The van der Waals surface area contributed by atoms with E-state index in [4.69, 9.17) is 0 Å². The fourth-order valence-corrected chi connectivity index (χ4v) is 1.89. The van der Waals surface area contributed by atoms with Crippen molar-refractivity contribution in [2.24, 2.45) is 17.8 Å². The zero-order chi connectivity index (χ0) is 10.2. The van der Waals surface area contributed by atoms with Crippen LogP contribution in [0, 0.1) is 17.8 Å². The maximum Gasteiger partial charge on any atom is 0.104 e. The third-order valence-corrected chi connectivity index (χ3v) is 3.24. The Morgan fingerprint density at radius 3 is 2.23 bits per heavy atom. The van der Waals surface area contributed by atoms with Gasteiger partial charge >= 0.3 is 0 Å². The molecule has 1 rings (SSSR count). The Balaban J connectivity index is 3.08. The molecule has 0 amide bonds. The van der Waals surface area contributed by atoms with Gasteiger partial charge in [0, 0.05) is 5.92 Å². The van der Waals surface area contributed by atoms with Crippen molar-refractivity contribution in [3.8, 4) is 0 Å². The van der Waals surface area contributed by atoms with Gasteiger partial charge in [-0.3, -0.25) is 0 Å². The smallest absolute Gasteiger partial charge is 0.104 e. The first-order chi connectivity index (χ1) is 5.95. The van der Waals surface area contributed by atoms with Gasteiger partial charge in [-0.05, 0) is 30.4 Å². The lowest BCUT2D eigenvalue weighted by atomic mass is 9.78. The molecule has 0 fully saturated rings. The normalized spacial score (nSPS) is 29.6. The molecular weight excluding hydrogens is 163 g/mol. The topological polar surface area (TPSA) is 0 Å². The first-order valence-corrected chi connectivity index (χ1v) is 5.03. The monoisotopic (exact) mass is 182 g/mol. The molecule has 0 radical (unpaired) electrons. The van der Waals surface area contributed by atoms with Gasteiger partial charge in [0.2, 0.25) is 0 Å². The molecule has 2 unspecified atom stereocenters. The Bertz CT molecular complexity index is 258. The standard InChI is InChI=1S/C12H19F/c1-7(2)11-6-12(13)10(5)8(3)9(11)4/h6-8,10H,1-5H3. The zero-order valence-electron chi connectivity index (χ0n) is 9.19. The van der Waals surface area contributed by atoms with Crippen molar-refractivity contribution in [2.45, 2.75) is 34.6 Å². The van der Waals surface area contributed by atoms with Crippen molar-refractivity contribution in [1.29, 1.82) is 0 Å². The molecule has 13 heavy (non-hydrogen) atoms. The average molecular weight is 182 g/mol. The Morgan fingerprint density at radius 1 is 1.23 bits per heavy atom. The van der Waals surface area contributed by atoms with Crippen molar-refractivity contribution >= 4 is 0 Å². The van der Waals surface area contributed by atoms with Crippen LogP contribution in [0.1, 0.15) is 34.6 Å². The minimum atomic E-state index is 0.0433. The second-order valence-electron chi connectivity index (χ2n) is 4.40. The minimum Gasteiger partial charge on any atom is -0.212 e. The lowest BCUT2D eigenvalue weighted by Gasteiger charge is -2.28. The summed E-state index contributed by atoms with van der Waals surface area (Å²) in [6.45, 7) is 10.4. The summed E-state index contributed by atoms with van der Waals surface area (Å²) < 4.78 is 13.4. The van der Waals surface area contributed by atoms with Gasteiger partial charge in [0.25, 0.3) is 0 Å². The highest BCUT2D eigenvalue weighted by atomic mass is 19.1. The van der Waals surface area contributed by atoms with E-state index < -0.39 is 0 Å². The molecule has 0 N–H and O–H groups in total. The first kappa shape index (κ1) is 10.5. The van der Waals surface area contributed by atoms with Crippen LogP contribution in [-0.4, -0.2) is 0 Å². The van der Waals surface area contributed by atoms with Crippen LogP contribution in [-0.2, 0) is 0 Å². The highest BCUT2D eigenvalue weighted by Gasteiger charge is 2.25. The molecule has 74 valence electrons. The quantitative estimate of drug-likeness (QED) is 0.572. The highest BCUT2D eigenvalue weighted by molar-refractivity contribution is 5.34. The molecule has 2 atom stereocenters. The largest absolute Gasteiger partial charge is 0.212 e. The van der Waals surface area contributed by atoms with Crippen LogP contribution in [0.3, 0.4) is 0 Å². The minimum absolute atomic E-state index is 0.0433. The van der Waals surface area contributed by atoms with Crippen LogP contribution < -0.4 is 0 Å². The van der Waals surface area contributed by atoms with E-state index in [9.17, 15) is 4.39 Å². The van der Waals surface area contributed by atoms with Crippen LogP contribution >= 0.6 is 0 Å². The zero-order valence-corrected chi connectivity index (χ0v) is 9.19. The molecule has 0 aliphatic heterocycles. The summed E-state index contributed by atoms with van der Waals surface area (Å²) in [7, 11) is 0. The Labute approximate surface area is 80.5 Å². The fourth-order valence-electron chi connectivity index (χ4n) is 1.89. The van der Waals surface area contributed by atoms with Crippen LogP contribution in [0.5, 0.6) is 0 Å². The average Bonchev–Trinajstić information content (AvgIpc) is 2.07. The van der Waals surface area contributed by atoms with Crippen molar-refractivity contribution in [3.63, 3.8) is 0 Å².